The second kappa shape index (κ2) is 4.17. The van der Waals surface area contributed by atoms with Crippen LogP contribution in [0.15, 0.2) is 23.4 Å². The zero-order valence-electron chi connectivity index (χ0n) is 8.65. The molecule has 2 rings (SSSR count). The minimum Gasteiger partial charge on any atom is -0.389 e. The van der Waals surface area contributed by atoms with Crippen LogP contribution in [-0.2, 0) is 4.84 Å². The molecule has 0 amide bonds. The number of benzene rings is 1. The van der Waals surface area contributed by atoms with Gasteiger partial charge in [-0.25, -0.2) is 8.78 Å². The third kappa shape index (κ3) is 2.19. The van der Waals surface area contributed by atoms with Crippen molar-refractivity contribution >= 4 is 5.71 Å². The highest BCUT2D eigenvalue weighted by Gasteiger charge is 2.26. The molecule has 0 unspecified atom stereocenters. The molecule has 86 valence electrons. The van der Waals surface area contributed by atoms with E-state index < -0.39 is 23.8 Å². The number of nitrogens with zero attached hydrogens (tertiary/aromatic N) is 1. The van der Waals surface area contributed by atoms with Crippen molar-refractivity contribution in [2.24, 2.45) is 5.16 Å². The number of oxime groups is 1. The Bertz CT molecular complexity index is 412. The van der Waals surface area contributed by atoms with Crippen molar-refractivity contribution < 1.29 is 18.7 Å². The molecule has 0 saturated carbocycles. The Morgan fingerprint density at radius 2 is 2.00 bits per heavy atom. The zero-order chi connectivity index (χ0) is 11.7. The minimum atomic E-state index is -0.667. The van der Waals surface area contributed by atoms with Crippen LogP contribution in [0.25, 0.3) is 0 Å². The number of hydrogen-bond acceptors (Lipinski definition) is 3. The molecule has 0 saturated heterocycles. The molecule has 1 aromatic carbocycles. The zero-order valence-corrected chi connectivity index (χ0v) is 8.65. The third-order valence-electron chi connectivity index (χ3n) is 2.43. The van der Waals surface area contributed by atoms with Gasteiger partial charge in [-0.05, 0) is 19.1 Å². The highest BCUT2D eigenvalue weighted by molar-refractivity contribution is 6.01. The fraction of sp³-hybridized carbons (Fsp3) is 0.364. The van der Waals surface area contributed by atoms with Gasteiger partial charge >= 0.3 is 0 Å². The van der Waals surface area contributed by atoms with Gasteiger partial charge in [-0.3, -0.25) is 0 Å². The molecule has 3 nitrogen and oxygen atoms in total. The molecular formula is C11H11F2NO2. The van der Waals surface area contributed by atoms with Crippen LogP contribution in [0.3, 0.4) is 0 Å². The fourth-order valence-electron chi connectivity index (χ4n) is 1.55. The molecule has 1 aromatic rings. The van der Waals surface area contributed by atoms with Crippen LogP contribution < -0.4 is 0 Å². The first-order chi connectivity index (χ1) is 7.56. The third-order valence-corrected chi connectivity index (χ3v) is 2.43. The summed E-state index contributed by atoms with van der Waals surface area (Å²) >= 11 is 0. The Balaban J connectivity index is 2.20. The number of halogens is 2. The van der Waals surface area contributed by atoms with Crippen molar-refractivity contribution in [2.45, 2.75) is 25.6 Å². The minimum absolute atomic E-state index is 0.348. The highest BCUT2D eigenvalue weighted by Crippen LogP contribution is 2.20. The maximum Gasteiger partial charge on any atom is 0.158 e. The average molecular weight is 227 g/mol. The van der Waals surface area contributed by atoms with Gasteiger partial charge in [-0.2, -0.15) is 0 Å². The molecule has 16 heavy (non-hydrogen) atoms. The van der Waals surface area contributed by atoms with E-state index in [9.17, 15) is 13.9 Å². The lowest BCUT2D eigenvalue weighted by molar-refractivity contribution is -0.00780. The summed E-state index contributed by atoms with van der Waals surface area (Å²) in [5.74, 6) is -1.31. The topological polar surface area (TPSA) is 41.8 Å². The van der Waals surface area contributed by atoms with E-state index in [1.54, 1.807) is 6.92 Å². The van der Waals surface area contributed by atoms with Gasteiger partial charge in [0.1, 0.15) is 11.6 Å². The molecule has 5 heteroatoms. The smallest absolute Gasteiger partial charge is 0.158 e. The van der Waals surface area contributed by atoms with Gasteiger partial charge in [0.25, 0.3) is 0 Å². The lowest BCUT2D eigenvalue weighted by Crippen LogP contribution is -2.22. The molecule has 0 aliphatic carbocycles. The molecule has 0 bridgehead atoms. The van der Waals surface area contributed by atoms with Crippen molar-refractivity contribution in [3.8, 4) is 0 Å². The summed E-state index contributed by atoms with van der Waals surface area (Å²) in [5.41, 5.74) is 0.796. The van der Waals surface area contributed by atoms with Crippen LogP contribution in [0, 0.1) is 11.6 Å². The van der Waals surface area contributed by atoms with Crippen molar-refractivity contribution in [1.82, 2.24) is 0 Å². The summed E-state index contributed by atoms with van der Waals surface area (Å²) in [6.45, 7) is 1.58. The van der Waals surface area contributed by atoms with Crippen molar-refractivity contribution in [3.63, 3.8) is 0 Å². The number of rotatable bonds is 2. The Kier molecular flexibility index (Phi) is 2.87. The summed E-state index contributed by atoms with van der Waals surface area (Å²) in [4.78, 5) is 4.95. The van der Waals surface area contributed by atoms with Crippen LogP contribution in [0.1, 0.15) is 18.9 Å². The SMILES string of the molecule is C[C@H](O)[C@@H]1CC(c2cc(F)cc(F)c2)=NO1. The van der Waals surface area contributed by atoms with Gasteiger partial charge in [0.05, 0.1) is 11.8 Å². The van der Waals surface area contributed by atoms with E-state index in [4.69, 9.17) is 4.84 Å². The van der Waals surface area contributed by atoms with Crippen molar-refractivity contribution in [3.05, 3.63) is 35.4 Å². The molecule has 0 spiro atoms. The van der Waals surface area contributed by atoms with E-state index in [1.165, 1.54) is 12.1 Å². The molecular weight excluding hydrogens is 216 g/mol. The maximum absolute atomic E-state index is 13.0. The molecule has 0 aromatic heterocycles. The Hall–Kier alpha value is -1.49. The van der Waals surface area contributed by atoms with Gasteiger partial charge < -0.3 is 9.94 Å². The molecule has 1 aliphatic rings. The molecule has 1 heterocycles. The van der Waals surface area contributed by atoms with E-state index in [1.807, 2.05) is 0 Å². The van der Waals surface area contributed by atoms with E-state index in [-0.39, 0.29) is 0 Å². The predicted molar refractivity (Wildman–Crippen MR) is 54.1 cm³/mol. The van der Waals surface area contributed by atoms with Gasteiger partial charge in [0, 0.05) is 18.1 Å². The quantitative estimate of drug-likeness (QED) is 0.837. The number of aliphatic hydroxyl groups excluding tert-OH is 1. The number of hydrogen-bond donors (Lipinski definition) is 1. The monoisotopic (exact) mass is 227 g/mol. The van der Waals surface area contributed by atoms with E-state index in [0.29, 0.717) is 17.7 Å². The Morgan fingerprint density at radius 3 is 2.50 bits per heavy atom. The summed E-state index contributed by atoms with van der Waals surface area (Å²) in [7, 11) is 0. The molecule has 0 fully saturated rings. The van der Waals surface area contributed by atoms with Crippen LogP contribution in [0.4, 0.5) is 8.78 Å². The van der Waals surface area contributed by atoms with Crippen molar-refractivity contribution in [1.29, 1.82) is 0 Å². The first kappa shape index (κ1) is 11.0. The van der Waals surface area contributed by atoms with Gasteiger partial charge in [0.15, 0.2) is 6.10 Å². The largest absolute Gasteiger partial charge is 0.389 e. The second-order valence-corrected chi connectivity index (χ2v) is 3.78. The van der Waals surface area contributed by atoms with Gasteiger partial charge in [-0.1, -0.05) is 5.16 Å². The summed E-state index contributed by atoms with van der Waals surface area (Å²) in [6, 6.07) is 3.18. The normalized spacial score (nSPS) is 21.5. The summed E-state index contributed by atoms with van der Waals surface area (Å²) in [5, 5.41) is 13.0. The molecule has 1 aliphatic heterocycles. The maximum atomic E-state index is 13.0. The standard InChI is InChI=1S/C11H11F2NO2/c1-6(15)11-5-10(14-16-11)7-2-8(12)4-9(13)3-7/h2-4,6,11,15H,5H2,1H3/t6-,11-/m0/s1. The van der Waals surface area contributed by atoms with Gasteiger partial charge in [-0.15, -0.1) is 0 Å². The Morgan fingerprint density at radius 1 is 1.38 bits per heavy atom. The molecule has 2 atom stereocenters. The van der Waals surface area contributed by atoms with E-state index >= 15 is 0 Å². The van der Waals surface area contributed by atoms with E-state index in [2.05, 4.69) is 5.16 Å². The lowest BCUT2D eigenvalue weighted by Gasteiger charge is -2.09. The Labute approximate surface area is 91.3 Å². The van der Waals surface area contributed by atoms with Gasteiger partial charge in [0.2, 0.25) is 0 Å². The van der Waals surface area contributed by atoms with Crippen LogP contribution in [0.5, 0.6) is 0 Å². The molecule has 0 radical (unpaired) electrons. The summed E-state index contributed by atoms with van der Waals surface area (Å²) < 4.78 is 25.9. The predicted octanol–water partition coefficient (Wildman–Crippen LogP) is 1.84. The first-order valence-corrected chi connectivity index (χ1v) is 4.93. The lowest BCUT2D eigenvalue weighted by atomic mass is 10.0. The first-order valence-electron chi connectivity index (χ1n) is 4.93. The van der Waals surface area contributed by atoms with Crippen LogP contribution in [0.2, 0.25) is 0 Å². The van der Waals surface area contributed by atoms with Crippen LogP contribution in [-0.4, -0.2) is 23.0 Å². The van der Waals surface area contributed by atoms with Crippen molar-refractivity contribution in [2.75, 3.05) is 0 Å². The summed E-state index contributed by atoms with van der Waals surface area (Å²) in [6.07, 6.45) is -0.762. The average Bonchev–Trinajstić information content (AvgIpc) is 2.64. The highest BCUT2D eigenvalue weighted by atomic mass is 19.1. The second-order valence-electron chi connectivity index (χ2n) is 3.78. The number of aliphatic hydroxyl groups is 1. The van der Waals surface area contributed by atoms with Crippen LogP contribution >= 0.6 is 0 Å². The fourth-order valence-corrected chi connectivity index (χ4v) is 1.55. The molecule has 1 N–H and O–H groups in total. The van der Waals surface area contributed by atoms with E-state index in [0.717, 1.165) is 6.07 Å².